The highest BCUT2D eigenvalue weighted by molar-refractivity contribution is 6.07. The van der Waals surface area contributed by atoms with Crippen LogP contribution in [0.15, 0.2) is 30.0 Å². The molecule has 2 nitrogen and oxygen atoms in total. The topological polar surface area (TPSA) is 30.0 Å². The minimum absolute atomic E-state index is 0.121. The van der Waals surface area contributed by atoms with Crippen molar-refractivity contribution < 1.29 is 4.79 Å². The molecule has 0 amide bonds. The van der Waals surface area contributed by atoms with Crippen molar-refractivity contribution in [1.29, 1.82) is 0 Å². The first-order valence-corrected chi connectivity index (χ1v) is 6.44. The predicted molar refractivity (Wildman–Crippen MR) is 69.1 cm³/mol. The van der Waals surface area contributed by atoms with Gasteiger partial charge in [-0.1, -0.05) is 18.9 Å². The number of hydrogen-bond donors (Lipinski definition) is 0. The molecule has 0 aromatic carbocycles. The number of aryl methyl sites for hydroxylation is 1. The monoisotopic (exact) mass is 229 g/mol. The Morgan fingerprint density at radius 3 is 2.88 bits per heavy atom. The molecular formula is C15H19NO. The summed E-state index contributed by atoms with van der Waals surface area (Å²) in [5, 5.41) is 0. The predicted octanol–water partition coefficient (Wildman–Crippen LogP) is 3.85. The minimum atomic E-state index is 0.121. The third-order valence-corrected chi connectivity index (χ3v) is 3.23. The number of ketones is 1. The first kappa shape index (κ1) is 12.0. The molecule has 0 saturated heterocycles. The van der Waals surface area contributed by atoms with Gasteiger partial charge in [-0.3, -0.25) is 9.78 Å². The average Bonchev–Trinajstić information content (AvgIpc) is 2.28. The van der Waals surface area contributed by atoms with Gasteiger partial charge in [0, 0.05) is 6.20 Å². The number of pyridine rings is 1. The summed E-state index contributed by atoms with van der Waals surface area (Å²) in [5.74, 6) is 0.121. The standard InChI is InChI=1S/C15H19NO/c1-12-9-10-16-14(11-12)15(17)13-7-5-3-2-4-6-8-13/h7,9-11H,2-6,8H2,1H3/b13-7+. The summed E-state index contributed by atoms with van der Waals surface area (Å²) < 4.78 is 0. The Balaban J connectivity index is 2.18. The van der Waals surface area contributed by atoms with Crippen molar-refractivity contribution in [1.82, 2.24) is 4.98 Å². The van der Waals surface area contributed by atoms with Gasteiger partial charge in [-0.05, 0) is 55.9 Å². The highest BCUT2D eigenvalue weighted by Gasteiger charge is 2.14. The van der Waals surface area contributed by atoms with Gasteiger partial charge in [0.25, 0.3) is 0 Å². The number of allylic oxidation sites excluding steroid dienone is 2. The van der Waals surface area contributed by atoms with Gasteiger partial charge in [0.2, 0.25) is 5.78 Å². The maximum absolute atomic E-state index is 12.3. The van der Waals surface area contributed by atoms with Crippen LogP contribution in [0, 0.1) is 6.92 Å². The maximum Gasteiger partial charge on any atom is 0.207 e. The summed E-state index contributed by atoms with van der Waals surface area (Å²) in [6, 6.07) is 3.80. The summed E-state index contributed by atoms with van der Waals surface area (Å²) in [4.78, 5) is 16.5. The van der Waals surface area contributed by atoms with Crippen LogP contribution < -0.4 is 0 Å². The van der Waals surface area contributed by atoms with Gasteiger partial charge < -0.3 is 0 Å². The number of nitrogens with zero attached hydrogens (tertiary/aromatic N) is 1. The van der Waals surface area contributed by atoms with Gasteiger partial charge >= 0.3 is 0 Å². The molecule has 0 aliphatic heterocycles. The van der Waals surface area contributed by atoms with E-state index >= 15 is 0 Å². The third-order valence-electron chi connectivity index (χ3n) is 3.23. The van der Waals surface area contributed by atoms with E-state index in [1.165, 1.54) is 19.3 Å². The van der Waals surface area contributed by atoms with Crippen LogP contribution in [0.4, 0.5) is 0 Å². The van der Waals surface area contributed by atoms with E-state index in [-0.39, 0.29) is 5.78 Å². The first-order valence-electron chi connectivity index (χ1n) is 6.44. The minimum Gasteiger partial charge on any atom is -0.287 e. The number of aromatic nitrogens is 1. The van der Waals surface area contributed by atoms with Gasteiger partial charge in [-0.15, -0.1) is 0 Å². The van der Waals surface area contributed by atoms with Crippen molar-refractivity contribution in [3.05, 3.63) is 41.2 Å². The van der Waals surface area contributed by atoms with E-state index in [0.29, 0.717) is 5.69 Å². The van der Waals surface area contributed by atoms with Crippen LogP contribution >= 0.6 is 0 Å². The van der Waals surface area contributed by atoms with Crippen molar-refractivity contribution in [3.63, 3.8) is 0 Å². The molecule has 0 spiro atoms. The van der Waals surface area contributed by atoms with Gasteiger partial charge in [0.15, 0.2) is 0 Å². The summed E-state index contributed by atoms with van der Waals surface area (Å²) in [6.07, 6.45) is 10.6. The highest BCUT2D eigenvalue weighted by Crippen LogP contribution is 2.20. The van der Waals surface area contributed by atoms with E-state index in [1.807, 2.05) is 19.1 Å². The van der Waals surface area contributed by atoms with Crippen molar-refractivity contribution in [2.24, 2.45) is 0 Å². The second-order valence-corrected chi connectivity index (χ2v) is 4.73. The van der Waals surface area contributed by atoms with Crippen LogP contribution in [0.5, 0.6) is 0 Å². The van der Waals surface area contributed by atoms with Crippen molar-refractivity contribution >= 4 is 5.78 Å². The lowest BCUT2D eigenvalue weighted by atomic mass is 9.95. The molecule has 17 heavy (non-hydrogen) atoms. The summed E-state index contributed by atoms with van der Waals surface area (Å²) in [7, 11) is 0. The lowest BCUT2D eigenvalue weighted by molar-refractivity contribution is 0.102. The van der Waals surface area contributed by atoms with E-state index in [2.05, 4.69) is 11.1 Å². The summed E-state index contributed by atoms with van der Waals surface area (Å²) in [6.45, 7) is 1.99. The molecule has 0 fully saturated rings. The molecule has 2 rings (SSSR count). The zero-order chi connectivity index (χ0) is 12.1. The molecule has 0 atom stereocenters. The quantitative estimate of drug-likeness (QED) is 0.721. The normalized spacial score (nSPS) is 19.9. The molecule has 2 heteroatoms. The molecule has 90 valence electrons. The van der Waals surface area contributed by atoms with Crippen molar-refractivity contribution in [2.75, 3.05) is 0 Å². The average molecular weight is 229 g/mol. The Kier molecular flexibility index (Phi) is 4.08. The smallest absolute Gasteiger partial charge is 0.207 e. The van der Waals surface area contributed by atoms with Gasteiger partial charge in [-0.25, -0.2) is 0 Å². The van der Waals surface area contributed by atoms with Gasteiger partial charge in [0.05, 0.1) is 0 Å². The fourth-order valence-corrected chi connectivity index (χ4v) is 2.22. The largest absolute Gasteiger partial charge is 0.287 e. The van der Waals surface area contributed by atoms with E-state index in [1.54, 1.807) is 6.20 Å². The van der Waals surface area contributed by atoms with E-state index in [0.717, 1.165) is 30.4 Å². The second kappa shape index (κ2) is 5.76. The van der Waals surface area contributed by atoms with Gasteiger partial charge in [-0.2, -0.15) is 0 Å². The molecule has 0 N–H and O–H groups in total. The number of Topliss-reactive ketones (excluding diaryl/α,β-unsaturated/α-hetero) is 1. The molecular weight excluding hydrogens is 210 g/mol. The fourth-order valence-electron chi connectivity index (χ4n) is 2.22. The summed E-state index contributed by atoms with van der Waals surface area (Å²) in [5.41, 5.74) is 2.65. The van der Waals surface area contributed by atoms with Crippen LogP contribution in [-0.2, 0) is 0 Å². The molecule has 0 saturated carbocycles. The number of rotatable bonds is 2. The van der Waals surface area contributed by atoms with E-state index in [4.69, 9.17) is 0 Å². The van der Waals surface area contributed by atoms with Crippen LogP contribution in [0.25, 0.3) is 0 Å². The molecule has 0 bridgehead atoms. The Morgan fingerprint density at radius 2 is 2.06 bits per heavy atom. The van der Waals surface area contributed by atoms with Crippen molar-refractivity contribution in [2.45, 2.75) is 45.4 Å². The Bertz CT molecular complexity index is 434. The molecule has 1 aliphatic carbocycles. The second-order valence-electron chi connectivity index (χ2n) is 4.73. The Morgan fingerprint density at radius 1 is 1.24 bits per heavy atom. The summed E-state index contributed by atoms with van der Waals surface area (Å²) >= 11 is 0. The number of hydrogen-bond acceptors (Lipinski definition) is 2. The molecule has 1 aliphatic rings. The molecule has 1 heterocycles. The SMILES string of the molecule is Cc1ccnc(C(=O)/C2=C/CCCCCC2)c1. The molecule has 1 aromatic rings. The number of carbonyl (C=O) groups excluding carboxylic acids is 1. The van der Waals surface area contributed by atoms with E-state index < -0.39 is 0 Å². The van der Waals surface area contributed by atoms with E-state index in [9.17, 15) is 4.79 Å². The fraction of sp³-hybridized carbons (Fsp3) is 0.467. The molecule has 0 unspecified atom stereocenters. The molecule has 1 aromatic heterocycles. The maximum atomic E-state index is 12.3. The Hall–Kier alpha value is -1.44. The van der Waals surface area contributed by atoms with Crippen LogP contribution in [0.2, 0.25) is 0 Å². The lowest BCUT2D eigenvalue weighted by Crippen LogP contribution is -2.07. The zero-order valence-electron chi connectivity index (χ0n) is 10.4. The first-order chi connectivity index (χ1) is 8.27. The van der Waals surface area contributed by atoms with Crippen molar-refractivity contribution in [3.8, 4) is 0 Å². The third kappa shape index (κ3) is 3.26. The lowest BCUT2D eigenvalue weighted by Gasteiger charge is -2.10. The van der Waals surface area contributed by atoms with Crippen LogP contribution in [0.3, 0.4) is 0 Å². The Labute approximate surface area is 103 Å². The van der Waals surface area contributed by atoms with Gasteiger partial charge in [0.1, 0.15) is 5.69 Å². The highest BCUT2D eigenvalue weighted by atomic mass is 16.1. The van der Waals surface area contributed by atoms with Crippen LogP contribution in [-0.4, -0.2) is 10.8 Å². The molecule has 0 radical (unpaired) electrons. The van der Waals surface area contributed by atoms with Crippen LogP contribution in [0.1, 0.15) is 54.6 Å². The number of carbonyl (C=O) groups is 1. The zero-order valence-corrected chi connectivity index (χ0v) is 10.4.